The molecule has 376 valence electrons. The van der Waals surface area contributed by atoms with Crippen LogP contribution < -0.4 is 0 Å². The topological polar surface area (TPSA) is 155 Å². The molecule has 0 aliphatic heterocycles. The molecular formula is C53H101N9O3. The van der Waals surface area contributed by atoms with E-state index >= 15 is 0 Å². The van der Waals surface area contributed by atoms with Crippen molar-refractivity contribution < 1.29 is 13.3 Å². The first kappa shape index (κ1) is 77.1. The maximum Gasteiger partial charge on any atom is 0.196 e. The fourth-order valence-electron chi connectivity index (χ4n) is 3.40. The Morgan fingerprint density at radius 2 is 0.938 bits per heavy atom. The lowest BCUT2D eigenvalue weighted by Crippen LogP contribution is -1.93. The molecule has 0 atom stereocenters. The zero-order valence-corrected chi connectivity index (χ0v) is 44.4. The molecule has 0 aromatic carbocycles. The molecule has 6 aromatic heterocycles. The average molecular weight is 912 g/mol. The molecule has 0 saturated heterocycles. The van der Waals surface area contributed by atoms with Gasteiger partial charge < -0.3 is 13.3 Å². The van der Waals surface area contributed by atoms with Gasteiger partial charge in [0, 0.05) is 54.4 Å². The highest BCUT2D eigenvalue weighted by Gasteiger charge is 2.01. The normalized spacial score (nSPS) is 8.58. The summed E-state index contributed by atoms with van der Waals surface area (Å²) in [7, 11) is 0. The molecule has 0 aliphatic carbocycles. The van der Waals surface area contributed by atoms with Gasteiger partial charge in [0.1, 0.15) is 36.8 Å². The summed E-state index contributed by atoms with van der Waals surface area (Å²) in [5.74, 6) is 5.49. The lowest BCUT2D eigenvalue weighted by molar-refractivity contribution is 0.471. The van der Waals surface area contributed by atoms with Crippen molar-refractivity contribution in [3.8, 4) is 0 Å². The minimum atomic E-state index is 0. The molecule has 0 saturated carbocycles. The van der Waals surface area contributed by atoms with E-state index in [9.17, 15) is 0 Å². The van der Waals surface area contributed by atoms with Gasteiger partial charge in [0.15, 0.2) is 18.7 Å². The van der Waals surface area contributed by atoms with Crippen LogP contribution in [0.15, 0.2) is 107 Å². The van der Waals surface area contributed by atoms with Crippen molar-refractivity contribution in [2.75, 3.05) is 0 Å². The van der Waals surface area contributed by atoms with E-state index < -0.39 is 0 Å². The van der Waals surface area contributed by atoms with Crippen molar-refractivity contribution in [2.24, 2.45) is 0 Å². The van der Waals surface area contributed by atoms with Crippen LogP contribution >= 0.6 is 0 Å². The van der Waals surface area contributed by atoms with E-state index in [0.29, 0.717) is 35.5 Å². The van der Waals surface area contributed by atoms with Gasteiger partial charge in [0.2, 0.25) is 0 Å². The number of nitrogens with zero attached hydrogens (tertiary/aromatic N) is 9. The van der Waals surface area contributed by atoms with Crippen LogP contribution in [0.25, 0.3) is 0 Å². The molecule has 0 radical (unpaired) electrons. The van der Waals surface area contributed by atoms with Crippen LogP contribution in [0, 0.1) is 0 Å². The Labute approximate surface area is 401 Å². The molecule has 12 nitrogen and oxygen atoms in total. The maximum absolute atomic E-state index is 4.98. The Kier molecular flexibility index (Phi) is 69.8. The van der Waals surface area contributed by atoms with Gasteiger partial charge in [-0.2, -0.15) is 0 Å². The van der Waals surface area contributed by atoms with Crippen molar-refractivity contribution in [2.45, 2.75) is 217 Å². The standard InChI is InChI=1S/3C7H10N2.3C6H9NO.6C2H6.2CH4/c1-6(2)7-3-8-5-9-4-7;1-6(2)7-3-4-8-5-9-7;1-6(2)7-8-4-3-5-9-7;1-5(2)6-3-8-4-7-6;1-5(2)6-3-7-4-8-6;1-5(2)6-7-3-4-8-6;6*1-2;;/h3*3-6H,1-2H3;3*3-5H,1-2H3;6*1-2H3;2*1H4. The van der Waals surface area contributed by atoms with E-state index in [2.05, 4.69) is 114 Å². The molecule has 6 aromatic rings. The zero-order chi connectivity index (χ0) is 50.0. The van der Waals surface area contributed by atoms with Crippen LogP contribution in [0.5, 0.6) is 0 Å². The summed E-state index contributed by atoms with van der Waals surface area (Å²) < 4.78 is 14.7. The molecule has 65 heavy (non-hydrogen) atoms. The van der Waals surface area contributed by atoms with Crippen molar-refractivity contribution in [3.05, 3.63) is 128 Å². The van der Waals surface area contributed by atoms with Crippen LogP contribution in [0.2, 0.25) is 0 Å². The first-order chi connectivity index (χ1) is 30.3. The Morgan fingerprint density at radius 1 is 0.415 bits per heavy atom. The Balaban J connectivity index is -0.0000000949. The van der Waals surface area contributed by atoms with Crippen molar-refractivity contribution >= 4 is 0 Å². The number of oxazole rings is 3. The second kappa shape index (κ2) is 58.9. The summed E-state index contributed by atoms with van der Waals surface area (Å²) in [6.45, 7) is 49.0. The molecule has 6 heterocycles. The van der Waals surface area contributed by atoms with Crippen LogP contribution in [-0.4, -0.2) is 44.9 Å². The van der Waals surface area contributed by atoms with Gasteiger partial charge in [0.05, 0.1) is 18.1 Å². The molecule has 0 unspecified atom stereocenters. The van der Waals surface area contributed by atoms with Crippen molar-refractivity contribution in [1.29, 1.82) is 0 Å². The number of hydrogen-bond donors (Lipinski definition) is 0. The predicted octanol–water partition coefficient (Wildman–Crippen LogP) is 17.6. The Bertz CT molecular complexity index is 1390. The molecule has 0 N–H and O–H groups in total. The fourth-order valence-corrected chi connectivity index (χ4v) is 3.40. The van der Waals surface area contributed by atoms with E-state index in [4.69, 9.17) is 13.3 Å². The smallest absolute Gasteiger partial charge is 0.196 e. The summed E-state index contributed by atoms with van der Waals surface area (Å²) in [6, 6.07) is 3.76. The molecule has 0 spiro atoms. The molecule has 0 fully saturated rings. The first-order valence-electron chi connectivity index (χ1n) is 23.3. The van der Waals surface area contributed by atoms with Gasteiger partial charge in [-0.05, 0) is 35.4 Å². The van der Waals surface area contributed by atoms with Crippen molar-refractivity contribution in [1.82, 2.24) is 44.9 Å². The van der Waals surface area contributed by atoms with E-state index in [1.165, 1.54) is 18.4 Å². The zero-order valence-electron chi connectivity index (χ0n) is 44.4. The largest absolute Gasteiger partial charge is 0.451 e. The van der Waals surface area contributed by atoms with E-state index in [-0.39, 0.29) is 14.9 Å². The monoisotopic (exact) mass is 912 g/mol. The summed E-state index contributed by atoms with van der Waals surface area (Å²) in [5.41, 5.74) is 3.31. The maximum atomic E-state index is 4.98. The highest BCUT2D eigenvalue weighted by atomic mass is 16.3. The first-order valence-corrected chi connectivity index (χ1v) is 23.3. The molecule has 0 bridgehead atoms. The fraction of sp³-hybridized carbons (Fsp3) is 0.604. The Morgan fingerprint density at radius 3 is 1.17 bits per heavy atom. The summed E-state index contributed by atoms with van der Waals surface area (Å²) in [4.78, 5) is 35.5. The highest BCUT2D eigenvalue weighted by molar-refractivity contribution is 5.07. The predicted molar refractivity (Wildman–Crippen MR) is 282 cm³/mol. The van der Waals surface area contributed by atoms with Gasteiger partial charge >= 0.3 is 0 Å². The third-order valence-corrected chi connectivity index (χ3v) is 6.55. The number of rotatable bonds is 6. The highest BCUT2D eigenvalue weighted by Crippen LogP contribution is 2.12. The van der Waals surface area contributed by atoms with E-state index in [1.54, 1.807) is 56.2 Å². The summed E-state index contributed by atoms with van der Waals surface area (Å²) in [6.07, 6.45) is 21.7. The van der Waals surface area contributed by atoms with Gasteiger partial charge in [0.25, 0.3) is 0 Å². The molecule has 12 heteroatoms. The molecule has 0 amide bonds. The third kappa shape index (κ3) is 46.7. The second-order valence-electron chi connectivity index (χ2n) is 13.0. The second-order valence-corrected chi connectivity index (χ2v) is 13.0. The lowest BCUT2D eigenvalue weighted by Gasteiger charge is -1.99. The lowest BCUT2D eigenvalue weighted by atomic mass is 10.1. The van der Waals surface area contributed by atoms with Crippen molar-refractivity contribution in [3.63, 3.8) is 0 Å². The Hall–Kier alpha value is -5.13. The van der Waals surface area contributed by atoms with E-state index in [1.807, 2.05) is 121 Å². The van der Waals surface area contributed by atoms with Crippen LogP contribution in [-0.2, 0) is 0 Å². The number of aromatic nitrogens is 9. The van der Waals surface area contributed by atoms with Crippen LogP contribution in [0.1, 0.15) is 251 Å². The van der Waals surface area contributed by atoms with Gasteiger partial charge in [-0.1, -0.05) is 181 Å². The minimum absolute atomic E-state index is 0. The molecular weight excluding hydrogens is 811 g/mol. The molecule has 0 aliphatic rings. The average Bonchev–Trinajstić information content (AvgIpc) is 4.19. The summed E-state index contributed by atoms with van der Waals surface area (Å²) in [5, 5.41) is 0. The van der Waals surface area contributed by atoms with Crippen LogP contribution in [0.4, 0.5) is 0 Å². The van der Waals surface area contributed by atoms with Gasteiger partial charge in [-0.15, -0.1) is 0 Å². The minimum Gasteiger partial charge on any atom is -0.451 e. The molecule has 6 rings (SSSR count). The van der Waals surface area contributed by atoms with E-state index in [0.717, 1.165) is 28.9 Å². The SMILES string of the molecule is C.C.CC.CC.CC.CC.CC.CC.CC(C)c1ccncn1.CC(C)c1cncnc1.CC(C)c1cnco1.CC(C)c1cocn1.CC(C)c1ncccn1.CC(C)c1ncco1. The third-order valence-electron chi connectivity index (χ3n) is 6.55. The quantitative estimate of drug-likeness (QED) is 0.156. The van der Waals surface area contributed by atoms with Crippen LogP contribution in [0.3, 0.4) is 0 Å². The number of hydrogen-bond acceptors (Lipinski definition) is 12. The van der Waals surface area contributed by atoms with Gasteiger partial charge in [-0.25, -0.2) is 44.9 Å². The summed E-state index contributed by atoms with van der Waals surface area (Å²) >= 11 is 0. The van der Waals surface area contributed by atoms with Gasteiger partial charge in [-0.3, -0.25) is 0 Å².